The number of aliphatic hydroxyl groups is 1. The molecule has 2 amide bonds. The van der Waals surface area contributed by atoms with E-state index in [0.717, 1.165) is 36.4 Å². The number of hydrogen-bond acceptors (Lipinski definition) is 7. The molecule has 2 aromatic rings. The number of nitrogens with one attached hydrogen (secondary N) is 2. The molecule has 2 aromatic heterocycles. The van der Waals surface area contributed by atoms with E-state index in [-0.39, 0.29) is 39.0 Å². The maximum Gasteiger partial charge on any atom is 0.417 e. The Balaban J connectivity index is 1.78. The molecule has 1 saturated carbocycles. The van der Waals surface area contributed by atoms with Crippen LogP contribution in [0.25, 0.3) is 10.4 Å². The SMILES string of the molecule is C[C@H]1CCCN1C(=O)c1nc(C(=O)N[C@H]2CC[C@H](O)C2)sc1-c1cnc(NC(C)(C)C)cc1C(F)(F)F. The molecule has 2 aliphatic rings. The molecule has 3 heterocycles. The lowest BCUT2D eigenvalue weighted by Gasteiger charge is -2.23. The van der Waals surface area contributed by atoms with Crippen LogP contribution in [0.5, 0.6) is 0 Å². The minimum atomic E-state index is -4.74. The van der Waals surface area contributed by atoms with E-state index < -0.39 is 35.2 Å². The van der Waals surface area contributed by atoms with Gasteiger partial charge in [-0.2, -0.15) is 13.2 Å². The third-order valence-electron chi connectivity index (χ3n) is 6.54. The van der Waals surface area contributed by atoms with Crippen LogP contribution < -0.4 is 10.6 Å². The predicted molar refractivity (Wildman–Crippen MR) is 135 cm³/mol. The Bertz CT molecular complexity index is 1180. The zero-order valence-corrected chi connectivity index (χ0v) is 22.1. The number of aromatic nitrogens is 2. The van der Waals surface area contributed by atoms with Crippen molar-refractivity contribution in [1.82, 2.24) is 20.2 Å². The molecule has 0 bridgehead atoms. The summed E-state index contributed by atoms with van der Waals surface area (Å²) in [6.45, 7) is 7.77. The van der Waals surface area contributed by atoms with Gasteiger partial charge in [0.1, 0.15) is 11.5 Å². The molecule has 202 valence electrons. The second-order valence-electron chi connectivity index (χ2n) is 10.8. The Kier molecular flexibility index (Phi) is 7.53. The quantitative estimate of drug-likeness (QED) is 0.509. The lowest BCUT2D eigenvalue weighted by Crippen LogP contribution is -2.35. The first-order valence-corrected chi connectivity index (χ1v) is 13.2. The third kappa shape index (κ3) is 6.23. The average molecular weight is 540 g/mol. The summed E-state index contributed by atoms with van der Waals surface area (Å²) in [6.07, 6.45) is -1.05. The van der Waals surface area contributed by atoms with Gasteiger partial charge in [-0.15, -0.1) is 11.3 Å². The highest BCUT2D eigenvalue weighted by Crippen LogP contribution is 2.42. The van der Waals surface area contributed by atoms with E-state index in [9.17, 15) is 27.9 Å². The number of amides is 2. The number of hydrogen-bond donors (Lipinski definition) is 3. The van der Waals surface area contributed by atoms with Crippen molar-refractivity contribution in [3.63, 3.8) is 0 Å². The number of carbonyl (C=O) groups is 2. The standard InChI is InChI=1S/C25H32F3N5O3S/c1-13-6-5-9-33(13)23(36)19-20(37-22(31-19)21(35)30-14-7-8-15(34)10-14)16-12-29-18(32-24(2,3)4)11-17(16)25(26,27)28/h11-15,34H,5-10H2,1-4H3,(H,29,32)(H,30,35)/t13-,14-,15-/m0/s1. The Morgan fingerprint density at radius 2 is 1.92 bits per heavy atom. The van der Waals surface area contributed by atoms with Crippen LogP contribution in [0.1, 0.15) is 85.7 Å². The van der Waals surface area contributed by atoms with Gasteiger partial charge in [0, 0.05) is 35.9 Å². The predicted octanol–water partition coefficient (Wildman–Crippen LogP) is 4.70. The highest BCUT2D eigenvalue weighted by Gasteiger charge is 2.38. The zero-order valence-electron chi connectivity index (χ0n) is 21.3. The fourth-order valence-corrected chi connectivity index (χ4v) is 5.76. The van der Waals surface area contributed by atoms with Crippen LogP contribution in [-0.4, -0.2) is 62.1 Å². The van der Waals surface area contributed by atoms with Crippen molar-refractivity contribution in [2.24, 2.45) is 0 Å². The normalized spacial score (nSPS) is 22.4. The van der Waals surface area contributed by atoms with Crippen molar-refractivity contribution in [3.8, 4) is 10.4 Å². The van der Waals surface area contributed by atoms with E-state index in [1.54, 1.807) is 25.7 Å². The molecule has 0 radical (unpaired) electrons. The summed E-state index contributed by atoms with van der Waals surface area (Å²) < 4.78 is 42.7. The summed E-state index contributed by atoms with van der Waals surface area (Å²) in [6, 6.07) is 0.577. The van der Waals surface area contributed by atoms with Crippen LogP contribution in [0, 0.1) is 0 Å². The largest absolute Gasteiger partial charge is 0.417 e. The minimum absolute atomic E-state index is 0.0390. The monoisotopic (exact) mass is 539 g/mol. The molecule has 12 heteroatoms. The Morgan fingerprint density at radius 1 is 1.19 bits per heavy atom. The first-order chi connectivity index (χ1) is 17.2. The number of rotatable bonds is 5. The van der Waals surface area contributed by atoms with Crippen LogP contribution in [0.4, 0.5) is 19.0 Å². The molecule has 1 aliphatic heterocycles. The minimum Gasteiger partial charge on any atom is -0.393 e. The van der Waals surface area contributed by atoms with Gasteiger partial charge in [0.2, 0.25) is 0 Å². The van der Waals surface area contributed by atoms with Gasteiger partial charge >= 0.3 is 6.18 Å². The summed E-state index contributed by atoms with van der Waals surface area (Å²) in [4.78, 5) is 36.5. The number of thiazole rings is 1. The fourth-order valence-electron chi connectivity index (χ4n) is 4.78. The smallest absolute Gasteiger partial charge is 0.393 e. The highest BCUT2D eigenvalue weighted by atomic mass is 32.1. The van der Waals surface area contributed by atoms with Gasteiger partial charge in [-0.1, -0.05) is 0 Å². The molecule has 0 spiro atoms. The van der Waals surface area contributed by atoms with Crippen molar-refractivity contribution in [1.29, 1.82) is 0 Å². The first-order valence-electron chi connectivity index (χ1n) is 12.4. The summed E-state index contributed by atoms with van der Waals surface area (Å²) in [5.41, 5.74) is -1.96. The zero-order chi connectivity index (χ0) is 27.1. The molecule has 0 unspecified atom stereocenters. The lowest BCUT2D eigenvalue weighted by atomic mass is 10.1. The van der Waals surface area contributed by atoms with E-state index >= 15 is 0 Å². The second kappa shape index (κ2) is 10.2. The number of halogens is 3. The molecular formula is C25H32F3N5O3S. The van der Waals surface area contributed by atoms with E-state index in [4.69, 9.17) is 0 Å². The number of pyridine rings is 1. The van der Waals surface area contributed by atoms with E-state index in [0.29, 0.717) is 25.8 Å². The van der Waals surface area contributed by atoms with Crippen molar-refractivity contribution in [2.75, 3.05) is 11.9 Å². The van der Waals surface area contributed by atoms with E-state index in [2.05, 4.69) is 20.6 Å². The summed E-state index contributed by atoms with van der Waals surface area (Å²) in [5, 5.41) is 15.4. The average Bonchev–Trinajstić information content (AvgIpc) is 3.51. The first kappa shape index (κ1) is 27.3. The van der Waals surface area contributed by atoms with Gasteiger partial charge in [0.25, 0.3) is 11.8 Å². The molecular weight excluding hydrogens is 507 g/mol. The molecule has 37 heavy (non-hydrogen) atoms. The van der Waals surface area contributed by atoms with Crippen LogP contribution in [0.3, 0.4) is 0 Å². The van der Waals surface area contributed by atoms with Gasteiger partial charge in [0.15, 0.2) is 5.01 Å². The molecule has 3 atom stereocenters. The summed E-state index contributed by atoms with van der Waals surface area (Å²) in [5.74, 6) is -1.03. The third-order valence-corrected chi connectivity index (χ3v) is 7.62. The number of nitrogens with zero attached hydrogens (tertiary/aromatic N) is 3. The van der Waals surface area contributed by atoms with Crippen molar-refractivity contribution >= 4 is 29.0 Å². The summed E-state index contributed by atoms with van der Waals surface area (Å²) in [7, 11) is 0. The number of anilines is 1. The Hall–Kier alpha value is -2.73. The molecule has 1 saturated heterocycles. The lowest BCUT2D eigenvalue weighted by molar-refractivity contribution is -0.137. The molecule has 0 aromatic carbocycles. The number of aliphatic hydroxyl groups excluding tert-OH is 1. The van der Waals surface area contributed by atoms with E-state index in [1.165, 1.54) is 0 Å². The van der Waals surface area contributed by atoms with Gasteiger partial charge < -0.3 is 20.6 Å². The highest BCUT2D eigenvalue weighted by molar-refractivity contribution is 7.17. The second-order valence-corrected chi connectivity index (χ2v) is 11.8. The molecule has 4 rings (SSSR count). The van der Waals surface area contributed by atoms with Crippen molar-refractivity contribution in [2.45, 2.75) is 89.7 Å². The fraction of sp³-hybridized carbons (Fsp3) is 0.600. The van der Waals surface area contributed by atoms with E-state index in [1.807, 2.05) is 6.92 Å². The summed E-state index contributed by atoms with van der Waals surface area (Å²) >= 11 is 0.749. The van der Waals surface area contributed by atoms with Crippen LogP contribution >= 0.6 is 11.3 Å². The number of likely N-dealkylation sites (tertiary alicyclic amines) is 1. The van der Waals surface area contributed by atoms with Gasteiger partial charge in [-0.3, -0.25) is 9.59 Å². The topological polar surface area (TPSA) is 107 Å². The van der Waals surface area contributed by atoms with Gasteiger partial charge in [-0.25, -0.2) is 9.97 Å². The maximum absolute atomic E-state index is 14.2. The number of carbonyl (C=O) groups excluding carboxylic acids is 2. The Morgan fingerprint density at radius 3 is 2.49 bits per heavy atom. The maximum atomic E-state index is 14.2. The molecule has 8 nitrogen and oxygen atoms in total. The Labute approximate surface area is 217 Å². The van der Waals surface area contributed by atoms with Gasteiger partial charge in [-0.05, 0) is 65.9 Å². The molecule has 2 fully saturated rings. The van der Waals surface area contributed by atoms with Crippen molar-refractivity contribution in [3.05, 3.63) is 28.5 Å². The van der Waals surface area contributed by atoms with Crippen LogP contribution in [0.15, 0.2) is 12.3 Å². The number of alkyl halides is 3. The van der Waals surface area contributed by atoms with Gasteiger partial charge in [0.05, 0.1) is 16.5 Å². The van der Waals surface area contributed by atoms with Crippen LogP contribution in [-0.2, 0) is 6.18 Å². The van der Waals surface area contributed by atoms with Crippen LogP contribution in [0.2, 0.25) is 0 Å². The van der Waals surface area contributed by atoms with Crippen molar-refractivity contribution < 1.29 is 27.9 Å². The molecule has 1 aliphatic carbocycles. The molecule has 3 N–H and O–H groups in total.